The van der Waals surface area contributed by atoms with Crippen LogP contribution in [0.5, 0.6) is 0 Å². The summed E-state index contributed by atoms with van der Waals surface area (Å²) in [5.74, 6) is -0.500. The highest BCUT2D eigenvalue weighted by molar-refractivity contribution is 7.89. The summed E-state index contributed by atoms with van der Waals surface area (Å²) in [7, 11) is -3.98. The number of benzene rings is 2. The summed E-state index contributed by atoms with van der Waals surface area (Å²) in [4.78, 5) is 12.2. The van der Waals surface area contributed by atoms with Crippen LogP contribution < -0.4 is 5.32 Å². The topological polar surface area (TPSA) is 66.5 Å². The zero-order valence-electron chi connectivity index (χ0n) is 17.0. The Kier molecular flexibility index (Phi) is 6.39. The lowest BCUT2D eigenvalue weighted by Crippen LogP contribution is -2.38. The minimum absolute atomic E-state index is 0.100. The molecule has 7 heteroatoms. The second kappa shape index (κ2) is 8.63. The summed E-state index contributed by atoms with van der Waals surface area (Å²) >= 11 is 0. The maximum absolute atomic E-state index is 14.4. The van der Waals surface area contributed by atoms with E-state index >= 15 is 0 Å². The second-order valence-electron chi connectivity index (χ2n) is 7.96. The lowest BCUT2D eigenvalue weighted by Gasteiger charge is -2.29. The predicted molar refractivity (Wildman–Crippen MR) is 112 cm³/mol. The maximum atomic E-state index is 14.4. The molecule has 1 fully saturated rings. The number of amides is 1. The number of rotatable bonds is 5. The van der Waals surface area contributed by atoms with Crippen LogP contribution >= 0.6 is 0 Å². The summed E-state index contributed by atoms with van der Waals surface area (Å²) in [5.41, 5.74) is 1.84. The molecule has 5 nitrogen and oxygen atoms in total. The third kappa shape index (κ3) is 4.85. The lowest BCUT2D eigenvalue weighted by atomic mass is 10.0. The number of piperidine rings is 1. The first-order chi connectivity index (χ1) is 13.7. The van der Waals surface area contributed by atoms with Gasteiger partial charge in [-0.05, 0) is 60.6 Å². The van der Waals surface area contributed by atoms with E-state index in [1.54, 1.807) is 12.1 Å². The summed E-state index contributed by atoms with van der Waals surface area (Å²) in [5, 5.41) is 2.74. The summed E-state index contributed by atoms with van der Waals surface area (Å²) in [6.45, 7) is 6.96. The van der Waals surface area contributed by atoms with Crippen LogP contribution in [0.4, 0.5) is 10.1 Å². The molecule has 0 aromatic heterocycles. The van der Waals surface area contributed by atoms with Crippen LogP contribution in [0.3, 0.4) is 0 Å². The SMILES string of the molecule is CC1CCN(S(=O)(=O)c2cc(C(=O)Nc3ccc(C(C)C)cc3)ccc2F)CC1. The fourth-order valence-electron chi connectivity index (χ4n) is 3.36. The fourth-order valence-corrected chi connectivity index (χ4v) is 4.92. The van der Waals surface area contributed by atoms with Gasteiger partial charge in [0.25, 0.3) is 5.91 Å². The molecule has 0 bridgehead atoms. The Hall–Kier alpha value is -2.25. The van der Waals surface area contributed by atoms with Gasteiger partial charge >= 0.3 is 0 Å². The quantitative estimate of drug-likeness (QED) is 0.770. The van der Waals surface area contributed by atoms with Crippen molar-refractivity contribution in [3.05, 3.63) is 59.4 Å². The third-order valence-electron chi connectivity index (χ3n) is 5.39. The number of carbonyl (C=O) groups is 1. The van der Waals surface area contributed by atoms with Crippen molar-refractivity contribution >= 4 is 21.6 Å². The number of nitrogens with zero attached hydrogens (tertiary/aromatic N) is 1. The molecule has 0 aliphatic carbocycles. The van der Waals surface area contributed by atoms with Gasteiger partial charge in [0, 0.05) is 24.3 Å². The lowest BCUT2D eigenvalue weighted by molar-refractivity contribution is 0.102. The van der Waals surface area contributed by atoms with Gasteiger partial charge in [-0.3, -0.25) is 4.79 Å². The highest BCUT2D eigenvalue weighted by Crippen LogP contribution is 2.26. The Bertz CT molecular complexity index is 980. The largest absolute Gasteiger partial charge is 0.322 e. The first-order valence-corrected chi connectivity index (χ1v) is 11.3. The number of hydrogen-bond donors (Lipinski definition) is 1. The predicted octanol–water partition coefficient (Wildman–Crippen LogP) is 4.62. The second-order valence-corrected chi connectivity index (χ2v) is 9.87. The van der Waals surface area contributed by atoms with Gasteiger partial charge in [-0.25, -0.2) is 12.8 Å². The Labute approximate surface area is 172 Å². The van der Waals surface area contributed by atoms with Crippen LogP contribution in [0.25, 0.3) is 0 Å². The number of carbonyl (C=O) groups excluding carboxylic acids is 1. The van der Waals surface area contributed by atoms with Gasteiger partial charge < -0.3 is 5.32 Å². The minimum Gasteiger partial charge on any atom is -0.322 e. The average Bonchev–Trinajstić information content (AvgIpc) is 2.69. The number of anilines is 1. The molecule has 0 radical (unpaired) electrons. The first kappa shape index (κ1) is 21.5. The highest BCUT2D eigenvalue weighted by atomic mass is 32.2. The number of nitrogens with one attached hydrogen (secondary N) is 1. The molecule has 1 saturated heterocycles. The van der Waals surface area contributed by atoms with Gasteiger partial charge in [-0.2, -0.15) is 4.31 Å². The standard InChI is InChI=1S/C22H27FN2O3S/c1-15(2)17-4-7-19(8-5-17)24-22(26)18-6-9-20(23)21(14-18)29(27,28)25-12-10-16(3)11-13-25/h4-9,14-16H,10-13H2,1-3H3,(H,24,26). The van der Waals surface area contributed by atoms with Crippen molar-refractivity contribution in [3.8, 4) is 0 Å². The molecule has 3 rings (SSSR count). The number of halogens is 1. The maximum Gasteiger partial charge on any atom is 0.255 e. The van der Waals surface area contributed by atoms with Crippen LogP contribution in [-0.4, -0.2) is 31.7 Å². The van der Waals surface area contributed by atoms with Gasteiger partial charge in [-0.1, -0.05) is 32.9 Å². The van der Waals surface area contributed by atoms with Crippen molar-refractivity contribution in [3.63, 3.8) is 0 Å². The summed E-state index contributed by atoms with van der Waals surface area (Å²) < 4.78 is 41.5. The molecular weight excluding hydrogens is 391 g/mol. The molecule has 29 heavy (non-hydrogen) atoms. The molecule has 2 aromatic rings. The fraction of sp³-hybridized carbons (Fsp3) is 0.409. The Morgan fingerprint density at radius 1 is 1.10 bits per heavy atom. The molecule has 1 aliphatic rings. The van der Waals surface area contributed by atoms with E-state index < -0.39 is 26.6 Å². The summed E-state index contributed by atoms with van der Waals surface area (Å²) in [6.07, 6.45) is 1.49. The Morgan fingerprint density at radius 3 is 2.31 bits per heavy atom. The van der Waals surface area contributed by atoms with E-state index in [1.165, 1.54) is 10.4 Å². The normalized spacial score (nSPS) is 16.2. The van der Waals surface area contributed by atoms with Gasteiger partial charge in [0.15, 0.2) is 0 Å². The van der Waals surface area contributed by atoms with Crippen LogP contribution in [-0.2, 0) is 10.0 Å². The van der Waals surface area contributed by atoms with E-state index in [9.17, 15) is 17.6 Å². The van der Waals surface area contributed by atoms with E-state index in [1.807, 2.05) is 12.1 Å². The number of hydrogen-bond acceptors (Lipinski definition) is 3. The van der Waals surface area contributed by atoms with Crippen molar-refractivity contribution < 1.29 is 17.6 Å². The van der Waals surface area contributed by atoms with E-state index in [2.05, 4.69) is 26.1 Å². The molecular formula is C22H27FN2O3S. The van der Waals surface area contributed by atoms with Gasteiger partial charge in [0.1, 0.15) is 10.7 Å². The van der Waals surface area contributed by atoms with Crippen molar-refractivity contribution in [1.29, 1.82) is 0 Å². The van der Waals surface area contributed by atoms with Crippen molar-refractivity contribution in [2.75, 3.05) is 18.4 Å². The Morgan fingerprint density at radius 2 is 1.72 bits per heavy atom. The monoisotopic (exact) mass is 418 g/mol. The Balaban J connectivity index is 1.81. The van der Waals surface area contributed by atoms with Crippen molar-refractivity contribution in [1.82, 2.24) is 4.31 Å². The van der Waals surface area contributed by atoms with Crippen LogP contribution in [0, 0.1) is 11.7 Å². The molecule has 0 spiro atoms. The molecule has 0 atom stereocenters. The van der Waals surface area contributed by atoms with E-state index in [4.69, 9.17) is 0 Å². The zero-order valence-corrected chi connectivity index (χ0v) is 17.8. The molecule has 0 unspecified atom stereocenters. The molecule has 1 N–H and O–H groups in total. The molecule has 156 valence electrons. The molecule has 0 saturated carbocycles. The van der Waals surface area contributed by atoms with Crippen LogP contribution in [0.1, 0.15) is 55.5 Å². The smallest absolute Gasteiger partial charge is 0.255 e. The van der Waals surface area contributed by atoms with E-state index in [0.717, 1.165) is 30.5 Å². The molecule has 2 aromatic carbocycles. The van der Waals surface area contributed by atoms with E-state index in [0.29, 0.717) is 30.6 Å². The van der Waals surface area contributed by atoms with Gasteiger partial charge in [-0.15, -0.1) is 0 Å². The molecule has 1 heterocycles. The minimum atomic E-state index is -3.98. The van der Waals surface area contributed by atoms with Crippen LogP contribution in [0.2, 0.25) is 0 Å². The summed E-state index contributed by atoms with van der Waals surface area (Å²) in [6, 6.07) is 10.9. The average molecular weight is 419 g/mol. The zero-order chi connectivity index (χ0) is 21.2. The highest BCUT2D eigenvalue weighted by Gasteiger charge is 2.31. The molecule has 1 aliphatic heterocycles. The molecule has 1 amide bonds. The first-order valence-electron chi connectivity index (χ1n) is 9.89. The number of sulfonamides is 1. The van der Waals surface area contributed by atoms with Gasteiger partial charge in [0.2, 0.25) is 10.0 Å². The van der Waals surface area contributed by atoms with E-state index in [-0.39, 0.29) is 5.56 Å². The van der Waals surface area contributed by atoms with Crippen LogP contribution in [0.15, 0.2) is 47.4 Å². The third-order valence-corrected chi connectivity index (χ3v) is 7.30. The van der Waals surface area contributed by atoms with Gasteiger partial charge in [0.05, 0.1) is 0 Å². The van der Waals surface area contributed by atoms with Crippen molar-refractivity contribution in [2.45, 2.75) is 44.4 Å². The van der Waals surface area contributed by atoms with Crippen molar-refractivity contribution in [2.24, 2.45) is 5.92 Å².